The maximum absolute atomic E-state index is 12.6. The van der Waals surface area contributed by atoms with Crippen LogP contribution in [0, 0.1) is 6.92 Å². The van der Waals surface area contributed by atoms with Crippen LogP contribution in [0.4, 0.5) is 36.3 Å². The van der Waals surface area contributed by atoms with Gasteiger partial charge in [0.05, 0.1) is 0 Å². The number of nitrogens with zero attached hydrogens (tertiary/aromatic N) is 4. The second kappa shape index (κ2) is 12.8. The lowest BCUT2D eigenvalue weighted by Crippen LogP contribution is -2.17. The Morgan fingerprint density at radius 2 is 1.54 bits per heavy atom. The van der Waals surface area contributed by atoms with Gasteiger partial charge in [-0.25, -0.2) is 4.98 Å². The van der Waals surface area contributed by atoms with E-state index in [1.165, 1.54) is 35.4 Å². The number of carbonyl (C=O) groups is 1. The molecule has 1 N–H and O–H groups in total. The lowest BCUT2D eigenvalue weighted by atomic mass is 10.0. The van der Waals surface area contributed by atoms with Gasteiger partial charge in [0, 0.05) is 44.0 Å². The van der Waals surface area contributed by atoms with Crippen LogP contribution >= 0.6 is 0 Å². The van der Waals surface area contributed by atoms with Crippen LogP contribution in [0.1, 0.15) is 22.3 Å². The highest BCUT2D eigenvalue weighted by molar-refractivity contribution is 5.83. The van der Waals surface area contributed by atoms with Crippen LogP contribution in [0.2, 0.25) is 0 Å². The van der Waals surface area contributed by atoms with Crippen molar-refractivity contribution in [3.05, 3.63) is 101 Å². The van der Waals surface area contributed by atoms with Gasteiger partial charge in [0.25, 0.3) is 0 Å². The number of Topliss-reactive ketones (excluding diaryl/α,β-unsaturated/α-hetero) is 1. The molecule has 0 atom stereocenters. The molecule has 1 aromatic heterocycles. The molecule has 3 aromatic carbocycles. The fraction of sp³-hybridized carbons (Fsp3) is 0.258. The average Bonchev–Trinajstić information content (AvgIpc) is 2.91. The lowest BCUT2D eigenvalue weighted by molar-refractivity contribution is -0.274. The average molecular weight is 564 g/mol. The number of ether oxygens (including phenoxy) is 1. The predicted octanol–water partition coefficient (Wildman–Crippen LogP) is 6.61. The van der Waals surface area contributed by atoms with Crippen molar-refractivity contribution in [1.29, 1.82) is 0 Å². The summed E-state index contributed by atoms with van der Waals surface area (Å²) in [5, 5.41) is 3.29. The van der Waals surface area contributed by atoms with Crippen molar-refractivity contribution in [3.63, 3.8) is 0 Å². The van der Waals surface area contributed by atoms with Crippen molar-refractivity contribution >= 4 is 28.9 Å². The van der Waals surface area contributed by atoms with Gasteiger partial charge in [-0.3, -0.25) is 4.79 Å². The first-order chi connectivity index (χ1) is 19.4. The lowest BCUT2D eigenvalue weighted by Gasteiger charge is -2.19. The molecule has 0 unspecified atom stereocenters. The van der Waals surface area contributed by atoms with E-state index in [1.54, 1.807) is 6.20 Å². The Bertz CT molecular complexity index is 1470. The SMILES string of the molecule is Cc1ccc(Nc2nccc(N(C)c3ccc(CC(=O)Cc4ccc(OC(F)(F)F)cc4)cc3)n2)cc1CN(C)C. The van der Waals surface area contributed by atoms with Gasteiger partial charge in [0.2, 0.25) is 5.95 Å². The van der Waals surface area contributed by atoms with Crippen LogP contribution in [-0.4, -0.2) is 48.2 Å². The maximum atomic E-state index is 12.6. The number of rotatable bonds is 11. The van der Waals surface area contributed by atoms with Crippen molar-refractivity contribution in [2.45, 2.75) is 32.7 Å². The molecule has 1 heterocycles. The summed E-state index contributed by atoms with van der Waals surface area (Å²) in [6.07, 6.45) is -2.73. The molecule has 0 aliphatic heterocycles. The molecule has 0 amide bonds. The highest BCUT2D eigenvalue weighted by atomic mass is 19.4. The number of carbonyl (C=O) groups excluding carboxylic acids is 1. The highest BCUT2D eigenvalue weighted by Crippen LogP contribution is 2.26. The first-order valence-electron chi connectivity index (χ1n) is 13.0. The van der Waals surface area contributed by atoms with Crippen molar-refractivity contribution < 1.29 is 22.7 Å². The van der Waals surface area contributed by atoms with E-state index in [9.17, 15) is 18.0 Å². The largest absolute Gasteiger partial charge is 0.573 e. The van der Waals surface area contributed by atoms with Gasteiger partial charge >= 0.3 is 6.36 Å². The summed E-state index contributed by atoms with van der Waals surface area (Å²) in [6, 6.07) is 20.9. The van der Waals surface area contributed by atoms with Gasteiger partial charge in [-0.1, -0.05) is 30.3 Å². The molecular formula is C31H32F3N5O2. The Morgan fingerprint density at radius 3 is 2.15 bits per heavy atom. The fourth-order valence-electron chi connectivity index (χ4n) is 4.28. The van der Waals surface area contributed by atoms with E-state index in [-0.39, 0.29) is 24.4 Å². The molecule has 4 aromatic rings. The maximum Gasteiger partial charge on any atom is 0.573 e. The summed E-state index contributed by atoms with van der Waals surface area (Å²) in [7, 11) is 5.98. The molecule has 0 aliphatic carbocycles. The standard InChI is InChI=1S/C31H32F3N5O2/c1-21-5-10-25(19-24(21)20-38(2)3)36-30-35-16-15-29(37-30)39(4)26-11-6-22(7-12-26)17-27(40)18-23-8-13-28(14-9-23)41-31(32,33)34/h5-16,19H,17-18,20H2,1-4H3,(H,35,36,37). The third-order valence-electron chi connectivity index (χ3n) is 6.36. The summed E-state index contributed by atoms with van der Waals surface area (Å²) in [4.78, 5) is 25.7. The molecule has 0 saturated carbocycles. The molecule has 0 fully saturated rings. The molecule has 0 bridgehead atoms. The van der Waals surface area contributed by atoms with E-state index in [0.717, 1.165) is 23.5 Å². The minimum atomic E-state index is -4.75. The normalized spacial score (nSPS) is 11.4. The van der Waals surface area contributed by atoms with E-state index >= 15 is 0 Å². The van der Waals surface area contributed by atoms with Crippen molar-refractivity contribution in [3.8, 4) is 5.75 Å². The topological polar surface area (TPSA) is 70.6 Å². The first-order valence-corrected chi connectivity index (χ1v) is 13.0. The molecule has 10 heteroatoms. The van der Waals surface area contributed by atoms with Crippen molar-refractivity contribution in [2.24, 2.45) is 0 Å². The summed E-state index contributed by atoms with van der Waals surface area (Å²) >= 11 is 0. The second-order valence-electron chi connectivity index (χ2n) is 10.1. The number of nitrogens with one attached hydrogen (secondary N) is 1. The number of aryl methyl sites for hydroxylation is 1. The monoisotopic (exact) mass is 563 g/mol. The van der Waals surface area contributed by atoms with Crippen LogP contribution in [0.25, 0.3) is 0 Å². The van der Waals surface area contributed by atoms with Gasteiger partial charge in [-0.2, -0.15) is 4.98 Å². The van der Waals surface area contributed by atoms with Crippen LogP contribution < -0.4 is 15.0 Å². The molecule has 7 nitrogen and oxygen atoms in total. The third-order valence-corrected chi connectivity index (χ3v) is 6.36. The molecule has 0 saturated heterocycles. The number of anilines is 4. The minimum Gasteiger partial charge on any atom is -0.406 e. The Morgan fingerprint density at radius 1 is 0.902 bits per heavy atom. The third kappa shape index (κ3) is 8.77. The second-order valence-corrected chi connectivity index (χ2v) is 10.1. The molecule has 0 spiro atoms. The zero-order valence-corrected chi connectivity index (χ0v) is 23.4. The Labute approximate surface area is 237 Å². The fourth-order valence-corrected chi connectivity index (χ4v) is 4.28. The number of aromatic nitrogens is 2. The number of halogens is 3. The van der Waals surface area contributed by atoms with Gasteiger partial charge in [0.15, 0.2) is 0 Å². The van der Waals surface area contributed by atoms with E-state index in [0.29, 0.717) is 17.3 Å². The number of hydrogen-bond donors (Lipinski definition) is 1. The quantitative estimate of drug-likeness (QED) is 0.220. The number of ketones is 1. The van der Waals surface area contributed by atoms with E-state index in [1.807, 2.05) is 62.4 Å². The van der Waals surface area contributed by atoms with Crippen LogP contribution in [-0.2, 0) is 24.2 Å². The molecule has 0 aliphatic rings. The summed E-state index contributed by atoms with van der Waals surface area (Å²) in [5.74, 6) is 0.815. The number of hydrogen-bond acceptors (Lipinski definition) is 7. The molecule has 0 radical (unpaired) electrons. The molecule has 41 heavy (non-hydrogen) atoms. The molecule has 4 rings (SSSR count). The van der Waals surface area contributed by atoms with E-state index in [4.69, 9.17) is 0 Å². The van der Waals surface area contributed by atoms with Gasteiger partial charge in [0.1, 0.15) is 17.4 Å². The smallest absolute Gasteiger partial charge is 0.406 e. The zero-order chi connectivity index (χ0) is 29.6. The zero-order valence-electron chi connectivity index (χ0n) is 23.4. The Kier molecular flexibility index (Phi) is 9.24. The van der Waals surface area contributed by atoms with E-state index < -0.39 is 6.36 Å². The van der Waals surface area contributed by atoms with Crippen LogP contribution in [0.3, 0.4) is 0 Å². The number of benzene rings is 3. The molecule has 214 valence electrons. The summed E-state index contributed by atoms with van der Waals surface area (Å²) < 4.78 is 40.9. The van der Waals surface area contributed by atoms with Crippen molar-refractivity contribution in [2.75, 3.05) is 31.4 Å². The Hall–Kier alpha value is -4.44. The summed E-state index contributed by atoms with van der Waals surface area (Å²) in [6.45, 7) is 2.93. The van der Waals surface area contributed by atoms with Crippen LogP contribution in [0.15, 0.2) is 79.0 Å². The first kappa shape index (κ1) is 29.5. The van der Waals surface area contributed by atoms with E-state index in [2.05, 4.69) is 44.0 Å². The predicted molar refractivity (Wildman–Crippen MR) is 154 cm³/mol. The molecular weight excluding hydrogens is 531 g/mol. The summed E-state index contributed by atoms with van der Waals surface area (Å²) in [5.41, 5.74) is 5.69. The van der Waals surface area contributed by atoms with Gasteiger partial charge in [-0.05, 0) is 85.7 Å². The van der Waals surface area contributed by atoms with Crippen LogP contribution in [0.5, 0.6) is 5.75 Å². The number of alkyl halides is 3. The van der Waals surface area contributed by atoms with Gasteiger partial charge < -0.3 is 19.9 Å². The highest BCUT2D eigenvalue weighted by Gasteiger charge is 2.31. The van der Waals surface area contributed by atoms with Crippen molar-refractivity contribution in [1.82, 2.24) is 14.9 Å². The Balaban J connectivity index is 1.36. The van der Waals surface area contributed by atoms with Gasteiger partial charge in [-0.15, -0.1) is 13.2 Å². The minimum absolute atomic E-state index is 0.0491.